The number of fused-ring (bicyclic) bond motifs is 1. The average Bonchev–Trinajstić information content (AvgIpc) is 2.85. The first-order valence-electron chi connectivity index (χ1n) is 10.7. The molecule has 0 aromatic heterocycles. The molecule has 3 aromatic rings. The number of hydrogen-bond donors (Lipinski definition) is 1. The highest BCUT2D eigenvalue weighted by Crippen LogP contribution is 2.25. The Labute approximate surface area is 203 Å². The predicted molar refractivity (Wildman–Crippen MR) is 128 cm³/mol. The van der Waals surface area contributed by atoms with E-state index < -0.39 is 28.5 Å². The summed E-state index contributed by atoms with van der Waals surface area (Å²) >= 11 is 5.92. The first kappa shape index (κ1) is 23.9. The standard InChI is InChI=1S/C25H23ClN2O5S/c26-22-9-3-5-18(13-22)15-27-24(29)17-33-25(30)20-8-4-10-23(14-20)34(31,32)28-12-11-19-6-1-2-7-21(19)16-28/h1-10,13-14H,11-12,15-17H2,(H,27,29). The molecule has 9 heteroatoms. The topological polar surface area (TPSA) is 92.8 Å². The second kappa shape index (κ2) is 10.4. The number of rotatable bonds is 7. The van der Waals surface area contributed by atoms with Crippen molar-refractivity contribution in [1.29, 1.82) is 0 Å². The van der Waals surface area contributed by atoms with Crippen molar-refractivity contribution in [3.8, 4) is 0 Å². The highest BCUT2D eigenvalue weighted by atomic mass is 35.5. The van der Waals surface area contributed by atoms with Gasteiger partial charge < -0.3 is 10.1 Å². The van der Waals surface area contributed by atoms with E-state index in [9.17, 15) is 18.0 Å². The quantitative estimate of drug-likeness (QED) is 0.503. The molecule has 0 radical (unpaired) electrons. The van der Waals surface area contributed by atoms with Gasteiger partial charge in [0.2, 0.25) is 10.0 Å². The van der Waals surface area contributed by atoms with Crippen LogP contribution in [0.1, 0.15) is 27.0 Å². The maximum absolute atomic E-state index is 13.2. The summed E-state index contributed by atoms with van der Waals surface area (Å²) < 4.78 is 32.8. The van der Waals surface area contributed by atoms with E-state index in [1.165, 1.54) is 28.6 Å². The Bertz CT molecular complexity index is 1330. The highest BCUT2D eigenvalue weighted by molar-refractivity contribution is 7.89. The normalized spacial score (nSPS) is 13.7. The zero-order chi connectivity index (χ0) is 24.1. The molecule has 0 bridgehead atoms. The van der Waals surface area contributed by atoms with Gasteiger partial charge in [0.05, 0.1) is 10.5 Å². The fourth-order valence-electron chi connectivity index (χ4n) is 3.72. The van der Waals surface area contributed by atoms with Crippen LogP contribution in [0.4, 0.5) is 0 Å². The van der Waals surface area contributed by atoms with E-state index in [1.807, 2.05) is 30.3 Å². The molecule has 0 atom stereocenters. The minimum absolute atomic E-state index is 0.00624. The molecule has 1 amide bonds. The van der Waals surface area contributed by atoms with Crippen LogP contribution in [0.15, 0.2) is 77.7 Å². The first-order valence-corrected chi connectivity index (χ1v) is 12.5. The molecule has 4 rings (SSSR count). The molecule has 0 fully saturated rings. The summed E-state index contributed by atoms with van der Waals surface area (Å²) in [6, 6.07) is 20.5. The number of carbonyl (C=O) groups is 2. The molecule has 1 aliphatic heterocycles. The van der Waals surface area contributed by atoms with Gasteiger partial charge in [-0.3, -0.25) is 4.79 Å². The lowest BCUT2D eigenvalue weighted by atomic mass is 10.0. The van der Waals surface area contributed by atoms with Crippen molar-refractivity contribution >= 4 is 33.5 Å². The van der Waals surface area contributed by atoms with E-state index in [0.717, 1.165) is 16.7 Å². The lowest BCUT2D eigenvalue weighted by molar-refractivity contribution is -0.124. The Morgan fingerprint density at radius 1 is 0.971 bits per heavy atom. The Morgan fingerprint density at radius 3 is 2.53 bits per heavy atom. The summed E-state index contributed by atoms with van der Waals surface area (Å²) in [6.45, 7) is 0.393. The summed E-state index contributed by atoms with van der Waals surface area (Å²) in [5.74, 6) is -1.26. The zero-order valence-corrected chi connectivity index (χ0v) is 19.8. The van der Waals surface area contributed by atoms with Crippen LogP contribution in [0, 0.1) is 0 Å². The fourth-order valence-corrected chi connectivity index (χ4v) is 5.40. The number of esters is 1. The molecule has 0 unspecified atom stereocenters. The van der Waals surface area contributed by atoms with Crippen molar-refractivity contribution in [2.75, 3.05) is 13.2 Å². The lowest BCUT2D eigenvalue weighted by Gasteiger charge is -2.28. The third-order valence-electron chi connectivity index (χ3n) is 5.52. The van der Waals surface area contributed by atoms with E-state index in [2.05, 4.69) is 5.32 Å². The van der Waals surface area contributed by atoms with E-state index in [0.29, 0.717) is 18.0 Å². The van der Waals surface area contributed by atoms with Crippen LogP contribution in [-0.4, -0.2) is 37.8 Å². The van der Waals surface area contributed by atoms with Gasteiger partial charge in [-0.15, -0.1) is 0 Å². The van der Waals surface area contributed by atoms with Crippen molar-refractivity contribution in [3.05, 3.63) is 100 Å². The number of carbonyl (C=O) groups excluding carboxylic acids is 2. The van der Waals surface area contributed by atoms with Gasteiger partial charge in [0.25, 0.3) is 5.91 Å². The summed E-state index contributed by atoms with van der Waals surface area (Å²) in [5, 5.41) is 3.20. The van der Waals surface area contributed by atoms with Gasteiger partial charge in [0, 0.05) is 24.7 Å². The lowest BCUT2D eigenvalue weighted by Crippen LogP contribution is -2.36. The van der Waals surface area contributed by atoms with Crippen molar-refractivity contribution in [2.45, 2.75) is 24.4 Å². The van der Waals surface area contributed by atoms with Gasteiger partial charge in [-0.1, -0.05) is 54.1 Å². The van der Waals surface area contributed by atoms with E-state index >= 15 is 0 Å². The maximum atomic E-state index is 13.2. The third-order valence-corrected chi connectivity index (χ3v) is 7.59. The van der Waals surface area contributed by atoms with Gasteiger partial charge in [0.15, 0.2) is 6.61 Å². The Kier molecular flexibility index (Phi) is 7.31. The number of halogens is 1. The largest absolute Gasteiger partial charge is 0.452 e. The molecular formula is C25H23ClN2O5S. The van der Waals surface area contributed by atoms with Gasteiger partial charge in [-0.05, 0) is 53.4 Å². The van der Waals surface area contributed by atoms with E-state index in [4.69, 9.17) is 16.3 Å². The predicted octanol–water partition coefficient (Wildman–Crippen LogP) is 3.56. The van der Waals surface area contributed by atoms with Gasteiger partial charge in [-0.2, -0.15) is 4.31 Å². The number of nitrogens with zero attached hydrogens (tertiary/aromatic N) is 1. The van der Waals surface area contributed by atoms with Crippen molar-refractivity contribution in [2.24, 2.45) is 0 Å². The average molecular weight is 499 g/mol. The number of amides is 1. The molecule has 3 aromatic carbocycles. The number of nitrogens with one attached hydrogen (secondary N) is 1. The molecule has 0 aliphatic carbocycles. The fraction of sp³-hybridized carbons (Fsp3) is 0.200. The number of sulfonamides is 1. The van der Waals surface area contributed by atoms with Crippen LogP contribution in [0.3, 0.4) is 0 Å². The minimum atomic E-state index is -3.80. The molecule has 1 heterocycles. The monoisotopic (exact) mass is 498 g/mol. The second-order valence-electron chi connectivity index (χ2n) is 7.87. The van der Waals surface area contributed by atoms with Crippen LogP contribution < -0.4 is 5.32 Å². The number of hydrogen-bond acceptors (Lipinski definition) is 5. The molecule has 1 N–H and O–H groups in total. The van der Waals surface area contributed by atoms with Crippen molar-refractivity contribution in [3.63, 3.8) is 0 Å². The summed E-state index contributed by atoms with van der Waals surface area (Å²) in [6.07, 6.45) is 0.626. The van der Waals surface area contributed by atoms with Crippen LogP contribution in [0.5, 0.6) is 0 Å². The molecule has 0 spiro atoms. The smallest absolute Gasteiger partial charge is 0.338 e. The van der Waals surface area contributed by atoms with Crippen LogP contribution >= 0.6 is 11.6 Å². The summed E-state index contributed by atoms with van der Waals surface area (Å²) in [4.78, 5) is 24.5. The Morgan fingerprint density at radius 2 is 1.74 bits per heavy atom. The van der Waals surface area contributed by atoms with Gasteiger partial charge in [0.1, 0.15) is 0 Å². The van der Waals surface area contributed by atoms with Crippen LogP contribution in [0.25, 0.3) is 0 Å². The molecule has 1 aliphatic rings. The van der Waals surface area contributed by atoms with Gasteiger partial charge in [-0.25, -0.2) is 13.2 Å². The molecular weight excluding hydrogens is 476 g/mol. The van der Waals surface area contributed by atoms with Crippen molar-refractivity contribution < 1.29 is 22.7 Å². The molecule has 0 saturated heterocycles. The Balaban J connectivity index is 1.37. The first-order chi connectivity index (χ1) is 16.3. The third kappa shape index (κ3) is 5.64. The van der Waals surface area contributed by atoms with Crippen LogP contribution in [-0.2, 0) is 39.1 Å². The molecule has 34 heavy (non-hydrogen) atoms. The minimum Gasteiger partial charge on any atom is -0.452 e. The van der Waals surface area contributed by atoms with E-state index in [1.54, 1.807) is 18.2 Å². The zero-order valence-electron chi connectivity index (χ0n) is 18.2. The molecule has 0 saturated carbocycles. The summed E-state index contributed by atoms with van der Waals surface area (Å²) in [7, 11) is -3.80. The molecule has 7 nitrogen and oxygen atoms in total. The highest BCUT2D eigenvalue weighted by Gasteiger charge is 2.28. The van der Waals surface area contributed by atoms with Gasteiger partial charge >= 0.3 is 5.97 Å². The van der Waals surface area contributed by atoms with E-state index in [-0.39, 0.29) is 23.5 Å². The summed E-state index contributed by atoms with van der Waals surface area (Å²) in [5.41, 5.74) is 2.98. The van der Waals surface area contributed by atoms with Crippen molar-refractivity contribution in [1.82, 2.24) is 9.62 Å². The van der Waals surface area contributed by atoms with Crippen LogP contribution in [0.2, 0.25) is 5.02 Å². The number of ether oxygens (including phenoxy) is 1. The number of benzene rings is 3. The molecule has 176 valence electrons. The maximum Gasteiger partial charge on any atom is 0.338 e. The SMILES string of the molecule is O=C(COC(=O)c1cccc(S(=O)(=O)N2CCc3ccccc3C2)c1)NCc1cccc(Cl)c1. The second-order valence-corrected chi connectivity index (χ2v) is 10.2. The Hall–Kier alpha value is -3.20.